The minimum absolute atomic E-state index is 0.00943. The number of carbonyl (C=O) groups is 1. The number of amides is 1. The second-order valence-electron chi connectivity index (χ2n) is 3.48. The Kier molecular flexibility index (Phi) is 3.19. The van der Waals surface area contributed by atoms with Crippen LogP contribution in [0.1, 0.15) is 16.2 Å². The number of hydrogen-bond acceptors (Lipinski definition) is 4. The highest BCUT2D eigenvalue weighted by atomic mass is 35.5. The number of alkyl halides is 3. The smallest absolute Gasteiger partial charge is 0.361 e. The minimum atomic E-state index is -4.53. The number of nitrogens with two attached hydrogens (primary N) is 1. The van der Waals surface area contributed by atoms with E-state index in [2.05, 4.69) is 14.7 Å². The molecule has 0 aliphatic carbocycles. The first-order chi connectivity index (χ1) is 8.79. The fourth-order valence-electron chi connectivity index (χ4n) is 1.31. The van der Waals surface area contributed by atoms with Crippen molar-refractivity contribution in [2.24, 2.45) is 5.73 Å². The third-order valence-electron chi connectivity index (χ3n) is 2.17. The van der Waals surface area contributed by atoms with Crippen LogP contribution in [0.25, 0.3) is 11.4 Å². The molecular weight excluding hydrogens is 287 g/mol. The average molecular weight is 292 g/mol. The summed E-state index contributed by atoms with van der Waals surface area (Å²) in [6, 6.07) is 2.64. The van der Waals surface area contributed by atoms with Crippen molar-refractivity contribution < 1.29 is 22.5 Å². The first kappa shape index (κ1) is 13.3. The van der Waals surface area contributed by atoms with Crippen molar-refractivity contribution in [2.75, 3.05) is 0 Å². The molecule has 0 fully saturated rings. The van der Waals surface area contributed by atoms with E-state index in [1.807, 2.05) is 0 Å². The van der Waals surface area contributed by atoms with E-state index >= 15 is 0 Å². The maximum absolute atomic E-state index is 12.6. The van der Waals surface area contributed by atoms with E-state index in [-0.39, 0.29) is 16.4 Å². The molecule has 2 rings (SSSR count). The third-order valence-corrected chi connectivity index (χ3v) is 2.50. The topological polar surface area (TPSA) is 82.0 Å². The van der Waals surface area contributed by atoms with E-state index in [1.165, 1.54) is 0 Å². The average Bonchev–Trinajstić information content (AvgIpc) is 2.77. The first-order valence-corrected chi connectivity index (χ1v) is 5.17. The van der Waals surface area contributed by atoms with Gasteiger partial charge in [-0.3, -0.25) is 4.79 Å². The van der Waals surface area contributed by atoms with Gasteiger partial charge in [0.25, 0.3) is 0 Å². The van der Waals surface area contributed by atoms with Crippen molar-refractivity contribution in [3.05, 3.63) is 34.7 Å². The summed E-state index contributed by atoms with van der Waals surface area (Å²) in [6.07, 6.45) is -4.53. The Hall–Kier alpha value is -2.09. The molecule has 1 aromatic heterocycles. The molecule has 0 bridgehead atoms. The van der Waals surface area contributed by atoms with Gasteiger partial charge in [0.1, 0.15) is 0 Å². The van der Waals surface area contributed by atoms with Crippen LogP contribution in [-0.2, 0) is 6.18 Å². The highest BCUT2D eigenvalue weighted by Crippen LogP contribution is 2.34. The zero-order valence-electron chi connectivity index (χ0n) is 9.03. The maximum Gasteiger partial charge on any atom is 0.416 e. The molecule has 0 unspecified atom stereocenters. The molecule has 19 heavy (non-hydrogen) atoms. The van der Waals surface area contributed by atoms with Crippen LogP contribution in [0.3, 0.4) is 0 Å². The summed E-state index contributed by atoms with van der Waals surface area (Å²) in [5, 5.41) is 3.34. The molecule has 0 atom stereocenters. The van der Waals surface area contributed by atoms with E-state index in [4.69, 9.17) is 17.3 Å². The van der Waals surface area contributed by atoms with Crippen molar-refractivity contribution in [1.82, 2.24) is 10.1 Å². The van der Waals surface area contributed by atoms with Gasteiger partial charge < -0.3 is 10.3 Å². The van der Waals surface area contributed by atoms with Gasteiger partial charge in [-0.15, -0.1) is 0 Å². The monoisotopic (exact) mass is 291 g/mol. The molecule has 2 aromatic rings. The van der Waals surface area contributed by atoms with Crippen LogP contribution in [0, 0.1) is 0 Å². The van der Waals surface area contributed by atoms with Gasteiger partial charge in [0, 0.05) is 5.56 Å². The highest BCUT2D eigenvalue weighted by Gasteiger charge is 2.31. The molecule has 0 radical (unpaired) electrons. The lowest BCUT2D eigenvalue weighted by Crippen LogP contribution is -2.11. The Morgan fingerprint density at radius 3 is 2.58 bits per heavy atom. The molecule has 5 nitrogen and oxygen atoms in total. The number of nitrogens with zero attached hydrogens (tertiary/aromatic N) is 2. The van der Waals surface area contributed by atoms with Crippen LogP contribution in [0.5, 0.6) is 0 Å². The molecule has 1 aromatic carbocycles. The summed E-state index contributed by atoms with van der Waals surface area (Å²) >= 11 is 5.76. The van der Waals surface area contributed by atoms with Crippen molar-refractivity contribution in [3.63, 3.8) is 0 Å². The Balaban J connectivity index is 2.51. The highest BCUT2D eigenvalue weighted by molar-refractivity contribution is 6.33. The van der Waals surface area contributed by atoms with Crippen LogP contribution < -0.4 is 5.73 Å². The Labute approximate surface area is 109 Å². The Bertz CT molecular complexity index is 639. The van der Waals surface area contributed by atoms with Crippen LogP contribution in [0.2, 0.25) is 5.02 Å². The van der Waals surface area contributed by atoms with Crippen LogP contribution in [0.4, 0.5) is 13.2 Å². The van der Waals surface area contributed by atoms with Crippen LogP contribution >= 0.6 is 11.6 Å². The van der Waals surface area contributed by atoms with Gasteiger partial charge in [-0.1, -0.05) is 16.8 Å². The summed E-state index contributed by atoms with van der Waals surface area (Å²) in [6.45, 7) is 0. The second-order valence-corrected chi connectivity index (χ2v) is 3.89. The molecule has 0 aliphatic rings. The predicted octanol–water partition coefficient (Wildman–Crippen LogP) is 2.51. The SMILES string of the molecule is NC(=O)c1nc(-c2cc(C(F)(F)F)ccc2Cl)no1. The number of aromatic nitrogens is 2. The van der Waals surface area contributed by atoms with E-state index in [1.54, 1.807) is 0 Å². The molecular formula is C10H5ClF3N3O2. The van der Waals surface area contributed by atoms with Crippen molar-refractivity contribution >= 4 is 17.5 Å². The second kappa shape index (κ2) is 4.54. The molecule has 0 saturated carbocycles. The van der Waals surface area contributed by atoms with Crippen molar-refractivity contribution in [2.45, 2.75) is 6.18 Å². The minimum Gasteiger partial charge on any atom is -0.361 e. The zero-order valence-corrected chi connectivity index (χ0v) is 9.79. The third kappa shape index (κ3) is 2.68. The van der Waals surface area contributed by atoms with E-state index < -0.39 is 23.5 Å². The Morgan fingerprint density at radius 2 is 2.05 bits per heavy atom. The van der Waals surface area contributed by atoms with Gasteiger partial charge in [-0.2, -0.15) is 18.2 Å². The van der Waals surface area contributed by atoms with E-state index in [0.717, 1.165) is 18.2 Å². The summed E-state index contributed by atoms with van der Waals surface area (Å²) in [4.78, 5) is 14.3. The number of rotatable bonds is 2. The number of benzene rings is 1. The molecule has 0 saturated heterocycles. The lowest BCUT2D eigenvalue weighted by molar-refractivity contribution is -0.137. The molecule has 0 spiro atoms. The van der Waals surface area contributed by atoms with Crippen molar-refractivity contribution in [3.8, 4) is 11.4 Å². The summed E-state index contributed by atoms with van der Waals surface area (Å²) in [7, 11) is 0. The number of halogens is 4. The van der Waals surface area contributed by atoms with Crippen LogP contribution in [-0.4, -0.2) is 16.0 Å². The molecule has 0 aliphatic heterocycles. The quantitative estimate of drug-likeness (QED) is 0.921. The first-order valence-electron chi connectivity index (χ1n) is 4.79. The predicted molar refractivity (Wildman–Crippen MR) is 58.3 cm³/mol. The summed E-state index contributed by atoms with van der Waals surface area (Å²) in [5.74, 6) is -1.74. The van der Waals surface area contributed by atoms with Crippen LogP contribution in [0.15, 0.2) is 22.7 Å². The lowest BCUT2D eigenvalue weighted by Gasteiger charge is -2.08. The van der Waals surface area contributed by atoms with Gasteiger partial charge in [-0.05, 0) is 18.2 Å². The molecule has 1 heterocycles. The van der Waals surface area contributed by atoms with Gasteiger partial charge in [0.15, 0.2) is 0 Å². The normalized spacial score (nSPS) is 11.6. The fraction of sp³-hybridized carbons (Fsp3) is 0.100. The summed E-state index contributed by atoms with van der Waals surface area (Å²) < 4.78 is 42.2. The number of carbonyl (C=O) groups excluding carboxylic acids is 1. The van der Waals surface area contributed by atoms with Gasteiger partial charge in [-0.25, -0.2) is 0 Å². The van der Waals surface area contributed by atoms with E-state index in [9.17, 15) is 18.0 Å². The maximum atomic E-state index is 12.6. The lowest BCUT2D eigenvalue weighted by atomic mass is 10.1. The van der Waals surface area contributed by atoms with Crippen molar-refractivity contribution in [1.29, 1.82) is 0 Å². The zero-order chi connectivity index (χ0) is 14.2. The molecule has 100 valence electrons. The number of hydrogen-bond donors (Lipinski definition) is 1. The molecule has 2 N–H and O–H groups in total. The standard InChI is InChI=1S/C10H5ClF3N3O2/c11-6-2-1-4(10(12,13)14)3-5(6)8-16-9(7(15)18)19-17-8/h1-3H,(H2,15,18). The summed E-state index contributed by atoms with van der Waals surface area (Å²) in [5.41, 5.74) is 3.87. The van der Waals surface area contributed by atoms with Gasteiger partial charge in [0.2, 0.25) is 5.82 Å². The fourth-order valence-corrected chi connectivity index (χ4v) is 1.51. The largest absolute Gasteiger partial charge is 0.416 e. The molecule has 1 amide bonds. The van der Waals surface area contributed by atoms with Gasteiger partial charge in [0.05, 0.1) is 10.6 Å². The Morgan fingerprint density at radius 1 is 1.37 bits per heavy atom. The molecule has 9 heteroatoms. The van der Waals surface area contributed by atoms with E-state index in [0.29, 0.717) is 0 Å². The number of primary amides is 1. The van der Waals surface area contributed by atoms with Gasteiger partial charge >= 0.3 is 18.0 Å².